The predicted molar refractivity (Wildman–Crippen MR) is 84.1 cm³/mol. The Morgan fingerprint density at radius 3 is 3.09 bits per heavy atom. The number of hydrogen-bond acceptors (Lipinski definition) is 5. The second kappa shape index (κ2) is 4.92. The van der Waals surface area contributed by atoms with Crippen molar-refractivity contribution in [1.82, 2.24) is 19.7 Å². The zero-order chi connectivity index (χ0) is 15.3. The van der Waals surface area contributed by atoms with Crippen molar-refractivity contribution in [2.45, 2.75) is 31.8 Å². The van der Waals surface area contributed by atoms with Gasteiger partial charge < -0.3 is 9.88 Å². The summed E-state index contributed by atoms with van der Waals surface area (Å²) in [4.78, 5) is 14.0. The first-order valence-electron chi connectivity index (χ1n) is 7.64. The molecule has 1 saturated heterocycles. The van der Waals surface area contributed by atoms with Crippen molar-refractivity contribution in [2.75, 3.05) is 17.2 Å². The van der Waals surface area contributed by atoms with Crippen LogP contribution >= 0.6 is 0 Å². The number of aromatic amines is 1. The number of nitrogens with one attached hydrogen (secondary N) is 2. The van der Waals surface area contributed by atoms with Crippen molar-refractivity contribution in [2.24, 2.45) is 5.92 Å². The number of nitrogens with zero attached hydrogens (tertiary/aromatic N) is 3. The van der Waals surface area contributed by atoms with Gasteiger partial charge in [-0.25, -0.2) is 23.1 Å². The molecule has 3 atom stereocenters. The van der Waals surface area contributed by atoms with Crippen molar-refractivity contribution >= 4 is 26.9 Å². The molecule has 2 aliphatic rings. The monoisotopic (exact) mass is 321 g/mol. The van der Waals surface area contributed by atoms with Crippen molar-refractivity contribution in [3.05, 3.63) is 18.6 Å². The van der Waals surface area contributed by atoms with Crippen LogP contribution in [0.5, 0.6) is 0 Å². The van der Waals surface area contributed by atoms with E-state index in [4.69, 9.17) is 0 Å². The number of hydrogen-bond donors (Lipinski definition) is 2. The average Bonchev–Trinajstić information content (AvgIpc) is 3.21. The van der Waals surface area contributed by atoms with Crippen LogP contribution in [0, 0.1) is 5.92 Å². The molecule has 2 bridgehead atoms. The summed E-state index contributed by atoms with van der Waals surface area (Å²) in [5, 5.41) is 0.993. The van der Waals surface area contributed by atoms with Gasteiger partial charge in [-0.15, -0.1) is 0 Å². The summed E-state index contributed by atoms with van der Waals surface area (Å²) in [7, 11) is -3.18. The Bertz CT molecular complexity index is 802. The molecule has 22 heavy (non-hydrogen) atoms. The number of rotatable bonds is 4. The maximum atomic E-state index is 11.9. The van der Waals surface area contributed by atoms with Gasteiger partial charge >= 0.3 is 0 Å². The van der Waals surface area contributed by atoms with Gasteiger partial charge in [-0.2, -0.15) is 0 Å². The molecule has 1 aliphatic carbocycles. The lowest BCUT2D eigenvalue weighted by molar-refractivity contribution is 0.500. The van der Waals surface area contributed by atoms with Gasteiger partial charge in [0, 0.05) is 24.8 Å². The molecular formula is C14H19N5O2S. The molecule has 1 saturated carbocycles. The molecule has 8 heteroatoms. The van der Waals surface area contributed by atoms with E-state index < -0.39 is 10.0 Å². The van der Waals surface area contributed by atoms with Crippen molar-refractivity contribution in [3.63, 3.8) is 0 Å². The van der Waals surface area contributed by atoms with Crippen LogP contribution in [0.25, 0.3) is 11.0 Å². The summed E-state index contributed by atoms with van der Waals surface area (Å²) < 4.78 is 26.7. The van der Waals surface area contributed by atoms with Crippen LogP contribution < -0.4 is 9.62 Å². The molecule has 7 nitrogen and oxygen atoms in total. The molecule has 2 aromatic rings. The molecule has 0 radical (unpaired) electrons. The van der Waals surface area contributed by atoms with E-state index in [-0.39, 0.29) is 17.8 Å². The quantitative estimate of drug-likeness (QED) is 0.872. The summed E-state index contributed by atoms with van der Waals surface area (Å²) in [5.41, 5.74) is 0.818. The largest absolute Gasteiger partial charge is 0.351 e. The summed E-state index contributed by atoms with van der Waals surface area (Å²) >= 11 is 0. The standard InChI is InChI=1S/C14H19N5O2S/c1-2-22(20,21)18-12-9-3-4-11(12)19(7-9)14-10-5-6-15-13(10)16-8-17-14/h5-6,8-9,11-12,18H,2-4,7H2,1H3,(H,15,16,17)/t9?,11?,12-/m1/s1. The Kier molecular flexibility index (Phi) is 3.12. The van der Waals surface area contributed by atoms with Crippen molar-refractivity contribution < 1.29 is 8.42 Å². The van der Waals surface area contributed by atoms with E-state index in [1.54, 1.807) is 13.3 Å². The first kappa shape index (κ1) is 14.0. The molecule has 2 unspecified atom stereocenters. The Balaban J connectivity index is 1.67. The first-order valence-corrected chi connectivity index (χ1v) is 9.29. The summed E-state index contributed by atoms with van der Waals surface area (Å²) in [6.45, 7) is 2.52. The number of anilines is 1. The molecule has 1 aliphatic heterocycles. The van der Waals surface area contributed by atoms with E-state index >= 15 is 0 Å². The van der Waals surface area contributed by atoms with Gasteiger partial charge in [0.25, 0.3) is 0 Å². The van der Waals surface area contributed by atoms with Gasteiger partial charge in [0.05, 0.1) is 11.1 Å². The van der Waals surface area contributed by atoms with E-state index in [9.17, 15) is 8.42 Å². The van der Waals surface area contributed by atoms with Gasteiger partial charge in [-0.05, 0) is 31.7 Å². The Labute approximate surface area is 129 Å². The van der Waals surface area contributed by atoms with Crippen LogP contribution in [0.15, 0.2) is 18.6 Å². The fourth-order valence-corrected chi connectivity index (χ4v) is 4.73. The van der Waals surface area contributed by atoms with Crippen LogP contribution in [-0.4, -0.2) is 47.8 Å². The smallest absolute Gasteiger partial charge is 0.211 e. The number of fused-ring (bicyclic) bond motifs is 3. The molecule has 0 spiro atoms. The summed E-state index contributed by atoms with van der Waals surface area (Å²) in [6.07, 6.45) is 5.48. The zero-order valence-corrected chi connectivity index (χ0v) is 13.2. The molecule has 3 heterocycles. The molecule has 4 rings (SSSR count). The molecular weight excluding hydrogens is 302 g/mol. The second-order valence-electron chi connectivity index (χ2n) is 6.04. The minimum atomic E-state index is -3.18. The molecule has 0 aromatic carbocycles. The first-order chi connectivity index (χ1) is 10.6. The maximum Gasteiger partial charge on any atom is 0.211 e. The van der Waals surface area contributed by atoms with E-state index in [1.807, 2.05) is 12.3 Å². The number of sulfonamides is 1. The highest BCUT2D eigenvalue weighted by atomic mass is 32.2. The Morgan fingerprint density at radius 1 is 1.41 bits per heavy atom. The van der Waals surface area contributed by atoms with E-state index in [2.05, 4.69) is 24.6 Å². The molecule has 2 aromatic heterocycles. The van der Waals surface area contributed by atoms with Crippen LogP contribution in [0.2, 0.25) is 0 Å². The zero-order valence-electron chi connectivity index (χ0n) is 12.4. The number of piperidine rings is 1. The highest BCUT2D eigenvalue weighted by Gasteiger charge is 2.48. The highest BCUT2D eigenvalue weighted by molar-refractivity contribution is 7.89. The van der Waals surface area contributed by atoms with Crippen LogP contribution in [0.3, 0.4) is 0 Å². The minimum Gasteiger partial charge on any atom is -0.351 e. The van der Waals surface area contributed by atoms with Gasteiger partial charge in [0.15, 0.2) is 0 Å². The van der Waals surface area contributed by atoms with Crippen molar-refractivity contribution in [1.29, 1.82) is 0 Å². The summed E-state index contributed by atoms with van der Waals surface area (Å²) in [6, 6.07) is 2.15. The van der Waals surface area contributed by atoms with Crippen molar-refractivity contribution in [3.8, 4) is 0 Å². The van der Waals surface area contributed by atoms with Crippen LogP contribution in [0.1, 0.15) is 19.8 Å². The second-order valence-corrected chi connectivity index (χ2v) is 8.08. The molecule has 2 N–H and O–H groups in total. The third kappa shape index (κ3) is 2.09. The minimum absolute atomic E-state index is 0.00564. The number of H-pyrrole nitrogens is 1. The van der Waals surface area contributed by atoms with E-state index in [0.29, 0.717) is 5.92 Å². The molecule has 0 amide bonds. The maximum absolute atomic E-state index is 11.9. The van der Waals surface area contributed by atoms with E-state index in [1.165, 1.54) is 0 Å². The summed E-state index contributed by atoms with van der Waals surface area (Å²) in [5.74, 6) is 1.38. The number of aromatic nitrogens is 3. The SMILES string of the molecule is CCS(=O)(=O)N[C@@H]1C2CCC1N(c1ncnc3[nH]ccc13)C2. The third-order valence-corrected chi connectivity index (χ3v) is 6.28. The molecule has 118 valence electrons. The van der Waals surface area contributed by atoms with Gasteiger partial charge in [0.2, 0.25) is 10.0 Å². The molecule has 2 fully saturated rings. The van der Waals surface area contributed by atoms with Gasteiger partial charge in [0.1, 0.15) is 17.8 Å². The fourth-order valence-electron chi connectivity index (χ4n) is 3.80. The predicted octanol–water partition coefficient (Wildman–Crippen LogP) is 0.864. The van der Waals surface area contributed by atoms with Gasteiger partial charge in [-0.3, -0.25) is 0 Å². The fraction of sp³-hybridized carbons (Fsp3) is 0.571. The lowest BCUT2D eigenvalue weighted by Crippen LogP contribution is -2.44. The topological polar surface area (TPSA) is 91.0 Å². The Hall–Kier alpha value is -1.67. The highest BCUT2D eigenvalue weighted by Crippen LogP contribution is 2.41. The lowest BCUT2D eigenvalue weighted by atomic mass is 10.1. The normalized spacial score (nSPS) is 27.9. The lowest BCUT2D eigenvalue weighted by Gasteiger charge is -2.29. The van der Waals surface area contributed by atoms with Gasteiger partial charge in [-0.1, -0.05) is 0 Å². The average molecular weight is 321 g/mol. The third-order valence-electron chi connectivity index (χ3n) is 4.89. The van der Waals surface area contributed by atoms with E-state index in [0.717, 1.165) is 36.2 Å². The van der Waals surface area contributed by atoms with Crippen LogP contribution in [0.4, 0.5) is 5.82 Å². The Morgan fingerprint density at radius 2 is 2.27 bits per heavy atom. The van der Waals surface area contributed by atoms with Crippen LogP contribution in [-0.2, 0) is 10.0 Å².